The molecule has 160 valence electrons. The standard InChI is InChI=1S/C22H29N5O3/c1-3-4-10-19(27-21(23)29)20(28)24-15(2)16-11-13-18(14-12-16)26-22(30)25-17-8-6-5-7-9-17/h5-9,11-15,19H,3-4,10H2,1-2H3,(H,24,28)(H3,23,27,29)(H2,25,26,30). The molecule has 0 fully saturated rings. The fraction of sp³-hybridized carbons (Fsp3) is 0.318. The summed E-state index contributed by atoms with van der Waals surface area (Å²) in [7, 11) is 0. The van der Waals surface area contributed by atoms with Crippen molar-refractivity contribution in [2.24, 2.45) is 5.73 Å². The number of amides is 5. The molecule has 8 nitrogen and oxygen atoms in total. The number of nitrogens with one attached hydrogen (secondary N) is 4. The van der Waals surface area contributed by atoms with E-state index in [9.17, 15) is 14.4 Å². The molecule has 6 N–H and O–H groups in total. The number of carbonyl (C=O) groups excluding carboxylic acids is 3. The Morgan fingerprint density at radius 2 is 1.50 bits per heavy atom. The molecule has 2 aromatic rings. The molecule has 30 heavy (non-hydrogen) atoms. The molecule has 2 aromatic carbocycles. The van der Waals surface area contributed by atoms with Gasteiger partial charge in [0.15, 0.2) is 0 Å². The predicted molar refractivity (Wildman–Crippen MR) is 118 cm³/mol. The highest BCUT2D eigenvalue weighted by Crippen LogP contribution is 2.17. The van der Waals surface area contributed by atoms with Crippen LogP contribution in [0.5, 0.6) is 0 Å². The summed E-state index contributed by atoms with van der Waals surface area (Å²) in [6.45, 7) is 3.86. The number of anilines is 2. The van der Waals surface area contributed by atoms with E-state index >= 15 is 0 Å². The fourth-order valence-corrected chi connectivity index (χ4v) is 2.92. The second-order valence-corrected chi connectivity index (χ2v) is 7.00. The van der Waals surface area contributed by atoms with E-state index in [0.717, 1.165) is 18.4 Å². The first-order valence-electron chi connectivity index (χ1n) is 9.98. The van der Waals surface area contributed by atoms with Crippen LogP contribution in [0.3, 0.4) is 0 Å². The van der Waals surface area contributed by atoms with Gasteiger partial charge in [0.05, 0.1) is 6.04 Å². The highest BCUT2D eigenvalue weighted by Gasteiger charge is 2.21. The van der Waals surface area contributed by atoms with Crippen molar-refractivity contribution in [1.82, 2.24) is 10.6 Å². The van der Waals surface area contributed by atoms with E-state index in [1.165, 1.54) is 0 Å². The van der Waals surface area contributed by atoms with Crippen molar-refractivity contribution in [3.8, 4) is 0 Å². The van der Waals surface area contributed by atoms with Crippen LogP contribution >= 0.6 is 0 Å². The molecule has 0 radical (unpaired) electrons. The van der Waals surface area contributed by atoms with Gasteiger partial charge in [0.1, 0.15) is 6.04 Å². The minimum Gasteiger partial charge on any atom is -0.352 e. The Bertz CT molecular complexity index is 840. The van der Waals surface area contributed by atoms with Crippen LogP contribution in [0.1, 0.15) is 44.7 Å². The van der Waals surface area contributed by atoms with Gasteiger partial charge in [-0.25, -0.2) is 9.59 Å². The molecule has 0 aromatic heterocycles. The number of urea groups is 2. The highest BCUT2D eigenvalue weighted by atomic mass is 16.2. The number of rotatable bonds is 9. The summed E-state index contributed by atoms with van der Waals surface area (Å²) in [4.78, 5) is 35.7. The molecule has 0 saturated carbocycles. The number of hydrogen-bond donors (Lipinski definition) is 5. The Morgan fingerprint density at radius 3 is 2.07 bits per heavy atom. The summed E-state index contributed by atoms with van der Waals surface area (Å²) in [5, 5.41) is 10.9. The van der Waals surface area contributed by atoms with Crippen LogP contribution in [0.2, 0.25) is 0 Å². The van der Waals surface area contributed by atoms with E-state index in [2.05, 4.69) is 21.3 Å². The van der Waals surface area contributed by atoms with Crippen molar-refractivity contribution in [1.29, 1.82) is 0 Å². The first-order valence-corrected chi connectivity index (χ1v) is 9.98. The number of para-hydroxylation sites is 1. The van der Waals surface area contributed by atoms with E-state index in [4.69, 9.17) is 5.73 Å². The van der Waals surface area contributed by atoms with E-state index in [0.29, 0.717) is 17.8 Å². The van der Waals surface area contributed by atoms with Crippen molar-refractivity contribution in [3.63, 3.8) is 0 Å². The second-order valence-electron chi connectivity index (χ2n) is 7.00. The molecule has 2 atom stereocenters. The number of unbranched alkanes of at least 4 members (excludes halogenated alkanes) is 1. The molecule has 0 saturated heterocycles. The Kier molecular flexibility index (Phi) is 8.68. The van der Waals surface area contributed by atoms with Crippen LogP contribution in [-0.4, -0.2) is 24.0 Å². The van der Waals surface area contributed by atoms with Gasteiger partial charge in [0.2, 0.25) is 5.91 Å². The molecule has 0 heterocycles. The third-order valence-electron chi connectivity index (χ3n) is 4.54. The largest absolute Gasteiger partial charge is 0.352 e. The zero-order chi connectivity index (χ0) is 21.9. The van der Waals surface area contributed by atoms with Crippen molar-refractivity contribution >= 4 is 29.3 Å². The van der Waals surface area contributed by atoms with Crippen LogP contribution in [0.15, 0.2) is 54.6 Å². The maximum absolute atomic E-state index is 12.5. The van der Waals surface area contributed by atoms with Crippen molar-refractivity contribution < 1.29 is 14.4 Å². The SMILES string of the molecule is CCCCC(NC(N)=O)C(=O)NC(C)c1ccc(NC(=O)Nc2ccccc2)cc1. The molecule has 0 spiro atoms. The molecule has 2 rings (SSSR count). The van der Waals surface area contributed by atoms with Gasteiger partial charge in [0.25, 0.3) is 0 Å². The van der Waals surface area contributed by atoms with Gasteiger partial charge in [-0.15, -0.1) is 0 Å². The quantitative estimate of drug-likeness (QED) is 0.431. The minimum atomic E-state index is -0.719. The molecular formula is C22H29N5O3. The smallest absolute Gasteiger partial charge is 0.323 e. The molecular weight excluding hydrogens is 382 g/mol. The first-order chi connectivity index (χ1) is 14.4. The maximum Gasteiger partial charge on any atom is 0.323 e. The predicted octanol–water partition coefficient (Wildman–Crippen LogP) is 3.73. The van der Waals surface area contributed by atoms with E-state index in [-0.39, 0.29) is 18.0 Å². The Hall–Kier alpha value is -3.55. The summed E-state index contributed by atoms with van der Waals surface area (Å²) in [5.74, 6) is -0.279. The summed E-state index contributed by atoms with van der Waals surface area (Å²) in [6.07, 6.45) is 2.24. The average Bonchev–Trinajstić information content (AvgIpc) is 2.72. The van der Waals surface area contributed by atoms with Crippen molar-refractivity contribution in [2.75, 3.05) is 10.6 Å². The van der Waals surface area contributed by atoms with Crippen LogP contribution in [0.25, 0.3) is 0 Å². The lowest BCUT2D eigenvalue weighted by Gasteiger charge is -2.21. The first kappa shape index (κ1) is 22.7. The number of primary amides is 1. The average molecular weight is 412 g/mol. The lowest BCUT2D eigenvalue weighted by atomic mass is 10.1. The minimum absolute atomic E-state index is 0.275. The highest BCUT2D eigenvalue weighted by molar-refractivity contribution is 5.99. The van der Waals surface area contributed by atoms with Gasteiger partial charge < -0.3 is 27.0 Å². The summed E-state index contributed by atoms with van der Waals surface area (Å²) in [6, 6.07) is 14.3. The molecule has 2 unspecified atom stereocenters. The second kappa shape index (κ2) is 11.5. The topological polar surface area (TPSA) is 125 Å². The van der Waals surface area contributed by atoms with Crippen molar-refractivity contribution in [3.05, 3.63) is 60.2 Å². The third kappa shape index (κ3) is 7.46. The lowest BCUT2D eigenvalue weighted by Crippen LogP contribution is -2.49. The maximum atomic E-state index is 12.5. The normalized spacial score (nSPS) is 12.3. The van der Waals surface area contributed by atoms with Gasteiger partial charge in [-0.2, -0.15) is 0 Å². The number of benzene rings is 2. The molecule has 8 heteroatoms. The zero-order valence-electron chi connectivity index (χ0n) is 17.3. The van der Waals surface area contributed by atoms with Gasteiger partial charge in [-0.05, 0) is 43.2 Å². The molecule has 5 amide bonds. The van der Waals surface area contributed by atoms with Crippen molar-refractivity contribution in [2.45, 2.75) is 45.2 Å². The van der Waals surface area contributed by atoms with E-state index in [1.54, 1.807) is 24.3 Å². The molecule has 0 aliphatic carbocycles. The Morgan fingerprint density at radius 1 is 0.900 bits per heavy atom. The van der Waals surface area contributed by atoms with Crippen LogP contribution in [0, 0.1) is 0 Å². The van der Waals surface area contributed by atoms with Crippen LogP contribution < -0.4 is 27.0 Å². The number of carbonyl (C=O) groups is 3. The lowest BCUT2D eigenvalue weighted by molar-refractivity contribution is -0.123. The summed E-state index contributed by atoms with van der Waals surface area (Å²) >= 11 is 0. The van der Waals surface area contributed by atoms with Crippen LogP contribution in [0.4, 0.5) is 21.0 Å². The van der Waals surface area contributed by atoms with E-state index < -0.39 is 12.1 Å². The monoisotopic (exact) mass is 411 g/mol. The molecule has 0 aliphatic heterocycles. The third-order valence-corrected chi connectivity index (χ3v) is 4.54. The Labute approximate surface area is 176 Å². The summed E-state index contributed by atoms with van der Waals surface area (Å²) < 4.78 is 0. The zero-order valence-corrected chi connectivity index (χ0v) is 17.3. The molecule has 0 aliphatic rings. The molecule has 0 bridgehead atoms. The van der Waals surface area contributed by atoms with Gasteiger partial charge in [-0.1, -0.05) is 50.1 Å². The van der Waals surface area contributed by atoms with Gasteiger partial charge in [-0.3, -0.25) is 4.79 Å². The summed E-state index contributed by atoms with van der Waals surface area (Å²) in [5.41, 5.74) is 7.37. The Balaban J connectivity index is 1.91. The number of hydrogen-bond acceptors (Lipinski definition) is 3. The fourth-order valence-electron chi connectivity index (χ4n) is 2.92. The van der Waals surface area contributed by atoms with Crippen LogP contribution in [-0.2, 0) is 4.79 Å². The van der Waals surface area contributed by atoms with Gasteiger partial charge in [0, 0.05) is 11.4 Å². The number of nitrogens with two attached hydrogens (primary N) is 1. The van der Waals surface area contributed by atoms with E-state index in [1.807, 2.05) is 44.2 Å². The van der Waals surface area contributed by atoms with Gasteiger partial charge >= 0.3 is 12.1 Å².